The van der Waals surface area contributed by atoms with Gasteiger partial charge in [-0.05, 0) is 6.07 Å². The van der Waals surface area contributed by atoms with Gasteiger partial charge in [-0.15, -0.1) is 0 Å². The zero-order chi connectivity index (χ0) is 27.7. The monoisotopic (exact) mass is 537 g/mol. The number of nitro groups is 1. The average molecular weight is 537 g/mol. The molecule has 3 heterocycles. The predicted molar refractivity (Wildman–Crippen MR) is 126 cm³/mol. The summed E-state index contributed by atoms with van der Waals surface area (Å²) in [5.74, 6) is 2.98. The number of amides is 1. The number of carbonyl (C=O) groups is 1. The SMILES string of the molecule is NC1(Cc2ccc(C#CCNC(=O)C(F)(F)F)cc2[N+](=O)[O-])N=CN=C2C1=NCN2[C@H]1C[C@H](O)[C@@H](CO)O1. The van der Waals surface area contributed by atoms with E-state index in [1.165, 1.54) is 18.5 Å². The molecule has 0 spiro atoms. The number of nitrogens with zero attached hydrogens (tertiary/aromatic N) is 5. The molecule has 1 amide bonds. The Morgan fingerprint density at radius 3 is 2.84 bits per heavy atom. The first kappa shape index (κ1) is 27.1. The van der Waals surface area contributed by atoms with E-state index in [1.807, 2.05) is 0 Å². The topological polar surface area (TPSA) is 188 Å². The highest BCUT2D eigenvalue weighted by Crippen LogP contribution is 2.31. The second-order valence-electron chi connectivity index (χ2n) is 8.61. The highest BCUT2D eigenvalue weighted by atomic mass is 19.4. The van der Waals surface area contributed by atoms with Gasteiger partial charge in [-0.25, -0.2) is 9.98 Å². The number of hydrogen-bond acceptors (Lipinski definition) is 11. The molecule has 3 aliphatic heterocycles. The minimum absolute atomic E-state index is 0.0908. The highest BCUT2D eigenvalue weighted by Gasteiger charge is 2.47. The van der Waals surface area contributed by atoms with Crippen molar-refractivity contribution in [3.8, 4) is 11.8 Å². The number of nitrogens with two attached hydrogens (primary N) is 1. The summed E-state index contributed by atoms with van der Waals surface area (Å²) in [6.45, 7) is -0.874. The van der Waals surface area contributed by atoms with Crippen molar-refractivity contribution in [1.29, 1.82) is 0 Å². The van der Waals surface area contributed by atoms with Gasteiger partial charge < -0.3 is 30.9 Å². The maximum absolute atomic E-state index is 12.2. The van der Waals surface area contributed by atoms with Crippen LogP contribution in [0, 0.1) is 22.0 Å². The maximum Gasteiger partial charge on any atom is 0.471 e. The zero-order valence-corrected chi connectivity index (χ0v) is 19.6. The molecule has 4 atom stereocenters. The third kappa shape index (κ3) is 5.50. The molecular weight excluding hydrogens is 515 g/mol. The van der Waals surface area contributed by atoms with Gasteiger partial charge >= 0.3 is 12.1 Å². The number of nitrogens with one attached hydrogen (secondary N) is 1. The van der Waals surface area contributed by atoms with Crippen LogP contribution in [-0.2, 0) is 16.0 Å². The molecular formula is C22H22F3N7O6. The van der Waals surface area contributed by atoms with E-state index in [4.69, 9.17) is 10.5 Å². The van der Waals surface area contributed by atoms with Crippen molar-refractivity contribution in [2.24, 2.45) is 20.7 Å². The molecule has 1 aromatic rings. The number of hydrogen-bond donors (Lipinski definition) is 4. The molecule has 4 rings (SSSR count). The van der Waals surface area contributed by atoms with Crippen LogP contribution in [0.15, 0.2) is 33.2 Å². The summed E-state index contributed by atoms with van der Waals surface area (Å²) >= 11 is 0. The fourth-order valence-electron chi connectivity index (χ4n) is 4.19. The molecule has 0 radical (unpaired) electrons. The second kappa shape index (κ2) is 10.5. The van der Waals surface area contributed by atoms with Crippen LogP contribution in [0.1, 0.15) is 17.5 Å². The second-order valence-corrected chi connectivity index (χ2v) is 8.61. The number of rotatable bonds is 6. The lowest BCUT2D eigenvalue weighted by Gasteiger charge is -2.31. The summed E-state index contributed by atoms with van der Waals surface area (Å²) in [4.78, 5) is 36.5. The van der Waals surface area contributed by atoms with Crippen molar-refractivity contribution in [3.05, 3.63) is 39.4 Å². The van der Waals surface area contributed by atoms with Crippen molar-refractivity contribution in [2.45, 2.75) is 43.1 Å². The fraction of sp³-hybridized carbons (Fsp3) is 0.455. The van der Waals surface area contributed by atoms with Gasteiger partial charge in [0, 0.05) is 30.0 Å². The number of alkyl halides is 3. The van der Waals surface area contributed by atoms with Gasteiger partial charge in [-0.2, -0.15) is 13.2 Å². The number of ether oxygens (including phenoxy) is 1. The molecule has 0 aromatic heterocycles. The molecule has 0 aliphatic carbocycles. The summed E-state index contributed by atoms with van der Waals surface area (Å²) in [6.07, 6.45) is -6.02. The van der Waals surface area contributed by atoms with Crippen molar-refractivity contribution in [1.82, 2.24) is 10.2 Å². The minimum Gasteiger partial charge on any atom is -0.394 e. The van der Waals surface area contributed by atoms with E-state index in [9.17, 15) is 38.3 Å². The molecule has 38 heavy (non-hydrogen) atoms. The van der Waals surface area contributed by atoms with E-state index < -0.39 is 47.7 Å². The quantitative estimate of drug-likeness (QED) is 0.211. The molecule has 16 heteroatoms. The Bertz CT molecular complexity index is 1290. The van der Waals surface area contributed by atoms with Crippen LogP contribution in [0.25, 0.3) is 0 Å². The first-order valence-corrected chi connectivity index (χ1v) is 11.2. The Hall–Kier alpha value is -3.91. The lowest BCUT2D eigenvalue weighted by atomic mass is 9.92. The number of nitro benzene ring substituents is 1. The number of aliphatic imine (C=N–C) groups is 3. The smallest absolute Gasteiger partial charge is 0.394 e. The van der Waals surface area contributed by atoms with Gasteiger partial charge in [-0.3, -0.25) is 19.9 Å². The Balaban J connectivity index is 1.49. The summed E-state index contributed by atoms with van der Waals surface area (Å²) in [5, 5.41) is 32.8. The van der Waals surface area contributed by atoms with Gasteiger partial charge in [-0.1, -0.05) is 17.9 Å². The van der Waals surface area contributed by atoms with Gasteiger partial charge in [0.25, 0.3) is 5.69 Å². The molecule has 1 aromatic carbocycles. The van der Waals surface area contributed by atoms with Crippen LogP contribution in [0.2, 0.25) is 0 Å². The van der Waals surface area contributed by atoms with Crippen LogP contribution in [0.4, 0.5) is 18.9 Å². The largest absolute Gasteiger partial charge is 0.471 e. The van der Waals surface area contributed by atoms with Crippen LogP contribution >= 0.6 is 0 Å². The molecule has 1 saturated heterocycles. The molecule has 1 fully saturated rings. The Morgan fingerprint density at radius 1 is 1.42 bits per heavy atom. The van der Waals surface area contributed by atoms with E-state index in [-0.39, 0.29) is 48.6 Å². The van der Waals surface area contributed by atoms with Crippen molar-refractivity contribution >= 4 is 29.5 Å². The molecule has 1 unspecified atom stereocenters. The summed E-state index contributed by atoms with van der Waals surface area (Å²) in [5.41, 5.74) is 5.28. The minimum atomic E-state index is -5.04. The Labute approximate surface area is 213 Å². The number of halogens is 3. The Morgan fingerprint density at radius 2 is 2.18 bits per heavy atom. The number of carbonyl (C=O) groups excluding carboxylic acids is 1. The van der Waals surface area contributed by atoms with Crippen molar-refractivity contribution in [3.63, 3.8) is 0 Å². The van der Waals surface area contributed by atoms with Crippen LogP contribution in [-0.4, -0.2) is 93.9 Å². The van der Waals surface area contributed by atoms with Crippen molar-refractivity contribution < 1.29 is 37.8 Å². The van der Waals surface area contributed by atoms with E-state index in [0.29, 0.717) is 5.84 Å². The molecule has 202 valence electrons. The first-order valence-electron chi connectivity index (χ1n) is 11.2. The Kier molecular flexibility index (Phi) is 7.47. The summed E-state index contributed by atoms with van der Waals surface area (Å²) in [6, 6.07) is 3.98. The number of amidine groups is 1. The van der Waals surface area contributed by atoms with Crippen LogP contribution in [0.3, 0.4) is 0 Å². The van der Waals surface area contributed by atoms with Crippen molar-refractivity contribution in [2.75, 3.05) is 19.8 Å². The van der Waals surface area contributed by atoms with E-state index >= 15 is 0 Å². The van der Waals surface area contributed by atoms with Gasteiger partial charge in [0.05, 0.1) is 24.2 Å². The highest BCUT2D eigenvalue weighted by molar-refractivity contribution is 6.47. The lowest BCUT2D eigenvalue weighted by Crippen LogP contribution is -2.55. The predicted octanol–water partition coefficient (Wildman–Crippen LogP) is -0.555. The van der Waals surface area contributed by atoms with Gasteiger partial charge in [0.2, 0.25) is 0 Å². The first-order chi connectivity index (χ1) is 17.9. The molecule has 13 nitrogen and oxygen atoms in total. The summed E-state index contributed by atoms with van der Waals surface area (Å²) in [7, 11) is 0. The lowest BCUT2D eigenvalue weighted by molar-refractivity contribution is -0.385. The standard InChI is InChI=1S/C22H22F3N7O6/c23-22(24,25)20(35)27-5-1-2-12-3-4-13(14(6-12)32(36)37)8-21(26)18-19(28-10-30-21)31(11-29-18)17-7-15(34)16(9-33)38-17/h3-4,6,10,15-17,33-34H,5,7-9,11,26H2,(H,27,35)/t15-,16+,17+,21?/m0/s1. The number of fused-ring (bicyclic) bond motifs is 1. The third-order valence-electron chi connectivity index (χ3n) is 6.04. The normalized spacial score (nSPS) is 26.3. The molecule has 3 aliphatic rings. The van der Waals surface area contributed by atoms with E-state index in [1.54, 1.807) is 10.2 Å². The van der Waals surface area contributed by atoms with Crippen LogP contribution < -0.4 is 11.1 Å². The maximum atomic E-state index is 12.2. The van der Waals surface area contributed by atoms with Gasteiger partial charge in [0.15, 0.2) is 11.5 Å². The molecule has 0 saturated carbocycles. The van der Waals surface area contributed by atoms with Gasteiger partial charge in [0.1, 0.15) is 31.1 Å². The van der Waals surface area contributed by atoms with E-state index in [2.05, 4.69) is 26.8 Å². The molecule has 0 bridgehead atoms. The van der Waals surface area contributed by atoms with Crippen LogP contribution in [0.5, 0.6) is 0 Å². The molecule has 5 N–H and O–H groups in total. The summed E-state index contributed by atoms with van der Waals surface area (Å²) < 4.78 is 42.4. The van der Waals surface area contributed by atoms with E-state index in [0.717, 1.165) is 6.07 Å². The number of aliphatic hydroxyl groups is 2. The third-order valence-corrected chi connectivity index (χ3v) is 6.04. The average Bonchev–Trinajstić information content (AvgIpc) is 3.45. The zero-order valence-electron chi connectivity index (χ0n) is 19.6. The fourth-order valence-corrected chi connectivity index (χ4v) is 4.19. The number of benzene rings is 1. The number of aliphatic hydroxyl groups excluding tert-OH is 2.